The highest BCUT2D eigenvalue weighted by Crippen LogP contribution is 2.28. The predicted octanol–water partition coefficient (Wildman–Crippen LogP) is -1.23. The molecule has 0 aliphatic rings. The number of aliphatic hydroxyl groups is 1. The van der Waals surface area contributed by atoms with Crippen LogP contribution in [0.25, 0.3) is 0 Å². The van der Waals surface area contributed by atoms with E-state index >= 15 is 0 Å². The summed E-state index contributed by atoms with van der Waals surface area (Å²) in [7, 11) is 1.62. The number of pyridine rings is 1. The zero-order valence-electron chi connectivity index (χ0n) is 13.7. The molecule has 0 radical (unpaired) electrons. The van der Waals surface area contributed by atoms with Crippen molar-refractivity contribution >= 4 is 11.6 Å². The van der Waals surface area contributed by atoms with Gasteiger partial charge in [-0.05, 0) is 31.2 Å². The summed E-state index contributed by atoms with van der Waals surface area (Å²) in [5, 5.41) is 11.8. The lowest BCUT2D eigenvalue weighted by atomic mass is 10.2. The van der Waals surface area contributed by atoms with E-state index in [9.17, 15) is 5.11 Å². The Bertz CT molecular complexity index is 622. The first-order valence-electron chi connectivity index (χ1n) is 7.48. The van der Waals surface area contributed by atoms with E-state index in [4.69, 9.17) is 21.1 Å². The Morgan fingerprint density at radius 3 is 2.58 bits per heavy atom. The van der Waals surface area contributed by atoms with Crippen LogP contribution in [0.5, 0.6) is 11.5 Å². The molecule has 1 aromatic heterocycles. The lowest BCUT2D eigenvalue weighted by molar-refractivity contribution is -0.676. The Kier molecular flexibility index (Phi) is 8.85. The van der Waals surface area contributed by atoms with Crippen molar-refractivity contribution in [1.29, 1.82) is 0 Å². The molecule has 0 saturated heterocycles. The summed E-state index contributed by atoms with van der Waals surface area (Å²) >= 11 is 5.76. The molecule has 1 aromatic carbocycles. The van der Waals surface area contributed by atoms with Crippen LogP contribution in [0.1, 0.15) is 18.1 Å². The molecule has 132 valence electrons. The second-order valence-corrected chi connectivity index (χ2v) is 5.73. The van der Waals surface area contributed by atoms with Crippen LogP contribution in [-0.4, -0.2) is 29.8 Å². The Morgan fingerprint density at radius 2 is 1.96 bits per heavy atom. The first-order chi connectivity index (χ1) is 11.1. The second kappa shape index (κ2) is 10.4. The van der Waals surface area contributed by atoms with Crippen LogP contribution in [0.3, 0.4) is 0 Å². The van der Waals surface area contributed by atoms with Gasteiger partial charge in [0.25, 0.3) is 0 Å². The normalized spacial score (nSPS) is 11.5. The summed E-state index contributed by atoms with van der Waals surface area (Å²) in [6.45, 7) is 3.63. The maximum absolute atomic E-state index is 9.28. The van der Waals surface area contributed by atoms with Crippen LogP contribution in [0, 0.1) is 0 Å². The Balaban J connectivity index is 0.00000288. The second-order valence-electron chi connectivity index (χ2n) is 5.34. The van der Waals surface area contributed by atoms with Crippen molar-refractivity contribution in [2.75, 3.05) is 13.7 Å². The van der Waals surface area contributed by atoms with E-state index in [0.29, 0.717) is 29.8 Å². The van der Waals surface area contributed by atoms with Crippen molar-refractivity contribution in [3.63, 3.8) is 0 Å². The summed E-state index contributed by atoms with van der Waals surface area (Å²) in [5.41, 5.74) is 2.05. The van der Waals surface area contributed by atoms with Gasteiger partial charge in [-0.25, -0.2) is 4.98 Å². The van der Waals surface area contributed by atoms with Crippen molar-refractivity contribution in [1.82, 2.24) is 4.98 Å². The molecule has 7 heteroatoms. The standard InChI is InChI=1S/C17H21ClN2O3.ClH/c1-12(21)8-19-9-13-3-5-15(16(7-13)22-2)23-11-14-4-6-17(18)20-10-14;/h3-7,10,12,19,21H,8-9,11H2,1-2H3;1H. The molecule has 24 heavy (non-hydrogen) atoms. The zero-order chi connectivity index (χ0) is 16.7. The fourth-order valence-corrected chi connectivity index (χ4v) is 2.21. The molecule has 1 unspecified atom stereocenters. The predicted molar refractivity (Wildman–Crippen MR) is 88.8 cm³/mol. The smallest absolute Gasteiger partial charge is 0.161 e. The molecule has 2 aromatic rings. The molecule has 0 amide bonds. The van der Waals surface area contributed by atoms with Gasteiger partial charge in [0.1, 0.15) is 24.8 Å². The van der Waals surface area contributed by atoms with Crippen molar-refractivity contribution in [2.24, 2.45) is 0 Å². The fourth-order valence-electron chi connectivity index (χ4n) is 2.10. The number of nitrogens with zero attached hydrogens (tertiary/aromatic N) is 1. The van der Waals surface area contributed by atoms with Crippen LogP contribution < -0.4 is 27.2 Å². The molecular formula is C17H22Cl2N2O3. The minimum Gasteiger partial charge on any atom is -1.00 e. The molecule has 0 aliphatic carbocycles. The molecule has 5 nitrogen and oxygen atoms in total. The quantitative estimate of drug-likeness (QED) is 0.569. The maximum Gasteiger partial charge on any atom is 0.161 e. The van der Waals surface area contributed by atoms with E-state index in [0.717, 1.165) is 17.7 Å². The third-order valence-electron chi connectivity index (χ3n) is 3.30. The van der Waals surface area contributed by atoms with Crippen LogP contribution in [0.15, 0.2) is 36.5 Å². The number of benzene rings is 1. The number of nitrogens with two attached hydrogens (primary N) is 1. The largest absolute Gasteiger partial charge is 1.00 e. The first-order valence-corrected chi connectivity index (χ1v) is 7.86. The highest BCUT2D eigenvalue weighted by atomic mass is 35.5. The van der Waals surface area contributed by atoms with Gasteiger partial charge in [-0.2, -0.15) is 0 Å². The minimum atomic E-state index is -0.313. The van der Waals surface area contributed by atoms with Crippen LogP contribution in [0.4, 0.5) is 0 Å². The van der Waals surface area contributed by atoms with Gasteiger partial charge >= 0.3 is 0 Å². The van der Waals surface area contributed by atoms with Crippen LogP contribution >= 0.6 is 11.6 Å². The van der Waals surface area contributed by atoms with E-state index < -0.39 is 0 Å². The first kappa shape index (κ1) is 20.5. The van der Waals surface area contributed by atoms with E-state index in [1.165, 1.54) is 0 Å². The number of rotatable bonds is 8. The molecule has 2 rings (SSSR count). The van der Waals surface area contributed by atoms with Gasteiger partial charge in [0.15, 0.2) is 11.5 Å². The van der Waals surface area contributed by atoms with Gasteiger partial charge in [-0.15, -0.1) is 0 Å². The average molecular weight is 373 g/mol. The van der Waals surface area contributed by atoms with E-state index in [1.807, 2.05) is 24.3 Å². The van der Waals surface area contributed by atoms with Gasteiger partial charge in [0, 0.05) is 17.3 Å². The summed E-state index contributed by atoms with van der Waals surface area (Å²) < 4.78 is 11.2. The Hall–Kier alpha value is -1.53. The third kappa shape index (κ3) is 6.53. The number of halogens is 2. The zero-order valence-corrected chi connectivity index (χ0v) is 15.2. The number of aromatic nitrogens is 1. The number of hydrogen-bond acceptors (Lipinski definition) is 4. The molecule has 0 saturated carbocycles. The third-order valence-corrected chi connectivity index (χ3v) is 3.52. The average Bonchev–Trinajstić information content (AvgIpc) is 2.54. The summed E-state index contributed by atoms with van der Waals surface area (Å²) in [5.74, 6) is 1.37. The maximum atomic E-state index is 9.28. The lowest BCUT2D eigenvalue weighted by Crippen LogP contribution is -3.00. The summed E-state index contributed by atoms with van der Waals surface area (Å²) in [6, 6.07) is 9.46. The molecule has 1 heterocycles. The Morgan fingerprint density at radius 1 is 1.21 bits per heavy atom. The number of hydrogen-bond donors (Lipinski definition) is 2. The van der Waals surface area contributed by atoms with Crippen molar-refractivity contribution in [3.8, 4) is 11.5 Å². The van der Waals surface area contributed by atoms with Gasteiger partial charge in [-0.1, -0.05) is 17.7 Å². The van der Waals surface area contributed by atoms with Gasteiger partial charge in [-0.3, -0.25) is 0 Å². The number of ether oxygens (including phenoxy) is 2. The summed E-state index contributed by atoms with van der Waals surface area (Å²) in [4.78, 5) is 4.03. The topological polar surface area (TPSA) is 68.2 Å². The van der Waals surface area contributed by atoms with Crippen LogP contribution in [0.2, 0.25) is 5.15 Å². The molecule has 0 bridgehead atoms. The van der Waals surface area contributed by atoms with Crippen molar-refractivity contribution in [3.05, 3.63) is 52.8 Å². The van der Waals surface area contributed by atoms with E-state index in [2.05, 4.69) is 10.3 Å². The number of aliphatic hydroxyl groups excluding tert-OH is 1. The van der Waals surface area contributed by atoms with Gasteiger partial charge in [0.05, 0.1) is 13.2 Å². The highest BCUT2D eigenvalue weighted by Gasteiger charge is 2.08. The summed E-state index contributed by atoms with van der Waals surface area (Å²) in [6.07, 6.45) is 1.38. The molecule has 1 atom stereocenters. The molecule has 0 spiro atoms. The monoisotopic (exact) mass is 372 g/mol. The van der Waals surface area contributed by atoms with E-state index in [1.54, 1.807) is 26.3 Å². The van der Waals surface area contributed by atoms with Gasteiger partial charge < -0.3 is 32.3 Å². The van der Waals surface area contributed by atoms with Gasteiger partial charge in [0.2, 0.25) is 0 Å². The fraction of sp³-hybridized carbons (Fsp3) is 0.353. The molecular weight excluding hydrogens is 351 g/mol. The van der Waals surface area contributed by atoms with Crippen LogP contribution in [-0.2, 0) is 13.2 Å². The molecule has 0 fully saturated rings. The highest BCUT2D eigenvalue weighted by molar-refractivity contribution is 6.29. The Labute approximate surface area is 153 Å². The van der Waals surface area contributed by atoms with Crippen molar-refractivity contribution < 1.29 is 32.3 Å². The van der Waals surface area contributed by atoms with Crippen molar-refractivity contribution in [2.45, 2.75) is 26.2 Å². The minimum absolute atomic E-state index is 0. The SMILES string of the molecule is COc1cc(C[NH2+]CC(C)O)ccc1OCc1ccc(Cl)nc1.[Cl-]. The molecule has 0 aliphatic heterocycles. The van der Waals surface area contributed by atoms with E-state index in [-0.39, 0.29) is 18.5 Å². The molecule has 3 N–H and O–H groups in total. The lowest BCUT2D eigenvalue weighted by Gasteiger charge is -2.12. The number of methoxy groups -OCH3 is 1. The number of quaternary nitrogens is 1.